The predicted octanol–water partition coefficient (Wildman–Crippen LogP) is 2.80. The average Bonchev–Trinajstić information content (AvgIpc) is 2.14. The number of rotatable bonds is 2. The summed E-state index contributed by atoms with van der Waals surface area (Å²) < 4.78 is 50.1. The Kier molecular flexibility index (Phi) is 3.31. The fourth-order valence-electron chi connectivity index (χ4n) is 1.20. The minimum absolute atomic E-state index is 0.315. The molecule has 0 fully saturated rings. The second-order valence-electron chi connectivity index (χ2n) is 3.01. The minimum Gasteiger partial charge on any atom is -0.297 e. The highest BCUT2D eigenvalue weighted by Crippen LogP contribution is 2.35. The summed E-state index contributed by atoms with van der Waals surface area (Å²) in [5.41, 5.74) is -1.26. The van der Waals surface area contributed by atoms with E-state index in [0.29, 0.717) is 6.07 Å². The van der Waals surface area contributed by atoms with Crippen LogP contribution in [0.5, 0.6) is 0 Å². The van der Waals surface area contributed by atoms with E-state index < -0.39 is 23.7 Å². The van der Waals surface area contributed by atoms with Crippen LogP contribution in [-0.2, 0) is 11.0 Å². The third-order valence-corrected chi connectivity index (χ3v) is 1.96. The molecule has 0 amide bonds. The van der Waals surface area contributed by atoms with Crippen LogP contribution < -0.4 is 5.90 Å². The van der Waals surface area contributed by atoms with Gasteiger partial charge in [-0.25, -0.2) is 10.3 Å². The van der Waals surface area contributed by atoms with Crippen molar-refractivity contribution in [2.24, 2.45) is 5.90 Å². The second kappa shape index (κ2) is 4.16. The van der Waals surface area contributed by atoms with E-state index in [1.807, 2.05) is 0 Å². The van der Waals surface area contributed by atoms with Gasteiger partial charge < -0.3 is 0 Å². The summed E-state index contributed by atoms with van der Waals surface area (Å²) in [6.07, 6.45) is -5.56. The number of nitrogens with two attached hydrogens (primary N) is 1. The quantitative estimate of drug-likeness (QED) is 0.618. The molecular formula is C9H9F4NO. The zero-order chi connectivity index (χ0) is 11.6. The lowest BCUT2D eigenvalue weighted by atomic mass is 10.0. The lowest BCUT2D eigenvalue weighted by molar-refractivity contribution is -0.139. The zero-order valence-electron chi connectivity index (χ0n) is 7.81. The fraction of sp³-hybridized carbons (Fsp3) is 0.333. The largest absolute Gasteiger partial charge is 0.416 e. The van der Waals surface area contributed by atoms with Gasteiger partial charge in [-0.2, -0.15) is 13.2 Å². The standard InChI is InChI=1S/C9H9F4NO/c1-5(15-14)7-4-6(10)2-3-8(7)9(11,12)13/h2-5H,14H2,1H3. The SMILES string of the molecule is CC(ON)c1cc(F)ccc1C(F)(F)F. The van der Waals surface area contributed by atoms with Gasteiger partial charge in [-0.3, -0.25) is 4.84 Å². The molecule has 6 heteroatoms. The Morgan fingerprint density at radius 1 is 1.33 bits per heavy atom. The molecule has 0 spiro atoms. The maximum Gasteiger partial charge on any atom is 0.416 e. The first-order chi connectivity index (χ1) is 6.86. The van der Waals surface area contributed by atoms with E-state index in [1.165, 1.54) is 6.92 Å². The molecule has 2 nitrogen and oxygen atoms in total. The molecule has 0 bridgehead atoms. The van der Waals surface area contributed by atoms with E-state index in [-0.39, 0.29) is 5.56 Å². The van der Waals surface area contributed by atoms with Crippen LogP contribution in [0.3, 0.4) is 0 Å². The van der Waals surface area contributed by atoms with Crippen LogP contribution in [0.4, 0.5) is 17.6 Å². The van der Waals surface area contributed by atoms with Crippen LogP contribution in [0, 0.1) is 5.82 Å². The van der Waals surface area contributed by atoms with Gasteiger partial charge in [0.05, 0.1) is 5.56 Å². The third-order valence-electron chi connectivity index (χ3n) is 1.96. The van der Waals surface area contributed by atoms with Crippen molar-refractivity contribution in [3.05, 3.63) is 35.1 Å². The predicted molar refractivity (Wildman–Crippen MR) is 45.1 cm³/mol. The molecule has 2 N–H and O–H groups in total. The number of hydrogen-bond donors (Lipinski definition) is 1. The van der Waals surface area contributed by atoms with Gasteiger partial charge >= 0.3 is 6.18 Å². The molecule has 0 radical (unpaired) electrons. The Morgan fingerprint density at radius 2 is 1.93 bits per heavy atom. The molecule has 0 aliphatic carbocycles. The molecule has 1 atom stereocenters. The van der Waals surface area contributed by atoms with E-state index in [0.717, 1.165) is 12.1 Å². The Morgan fingerprint density at radius 3 is 2.40 bits per heavy atom. The van der Waals surface area contributed by atoms with Crippen molar-refractivity contribution in [1.29, 1.82) is 0 Å². The summed E-state index contributed by atoms with van der Waals surface area (Å²) in [5.74, 6) is 4.01. The van der Waals surface area contributed by atoms with Gasteiger partial charge in [0.25, 0.3) is 0 Å². The third kappa shape index (κ3) is 2.66. The summed E-state index contributed by atoms with van der Waals surface area (Å²) in [6.45, 7) is 1.31. The Hall–Kier alpha value is -1.14. The van der Waals surface area contributed by atoms with Crippen molar-refractivity contribution in [2.45, 2.75) is 19.2 Å². The van der Waals surface area contributed by atoms with Crippen LogP contribution in [0.15, 0.2) is 18.2 Å². The normalized spacial score (nSPS) is 14.0. The zero-order valence-corrected chi connectivity index (χ0v) is 7.81. The Labute approximate surface area is 83.6 Å². The first kappa shape index (κ1) is 11.9. The van der Waals surface area contributed by atoms with Gasteiger partial charge in [0.2, 0.25) is 0 Å². The van der Waals surface area contributed by atoms with Crippen LogP contribution in [-0.4, -0.2) is 0 Å². The first-order valence-electron chi connectivity index (χ1n) is 4.08. The van der Waals surface area contributed by atoms with E-state index in [4.69, 9.17) is 5.90 Å². The van der Waals surface area contributed by atoms with Gasteiger partial charge in [-0.1, -0.05) is 0 Å². The lowest BCUT2D eigenvalue weighted by Crippen LogP contribution is -2.14. The summed E-state index contributed by atoms with van der Waals surface area (Å²) >= 11 is 0. The smallest absolute Gasteiger partial charge is 0.297 e. The molecular weight excluding hydrogens is 214 g/mol. The molecule has 0 heterocycles. The molecule has 0 saturated carbocycles. The van der Waals surface area contributed by atoms with Crippen LogP contribution in [0.25, 0.3) is 0 Å². The number of alkyl halides is 3. The molecule has 1 rings (SSSR count). The van der Waals surface area contributed by atoms with Crippen LogP contribution in [0.2, 0.25) is 0 Å². The summed E-state index contributed by atoms with van der Waals surface area (Å²) in [7, 11) is 0. The van der Waals surface area contributed by atoms with Gasteiger partial charge in [0.1, 0.15) is 11.9 Å². The fourth-order valence-corrected chi connectivity index (χ4v) is 1.20. The molecule has 84 valence electrons. The summed E-state index contributed by atoms with van der Waals surface area (Å²) in [5, 5.41) is 0. The summed E-state index contributed by atoms with van der Waals surface area (Å²) in [4.78, 5) is 4.26. The topological polar surface area (TPSA) is 35.2 Å². The number of hydrogen-bond acceptors (Lipinski definition) is 2. The van der Waals surface area contributed by atoms with Crippen molar-refractivity contribution in [1.82, 2.24) is 0 Å². The number of benzene rings is 1. The molecule has 0 aromatic heterocycles. The maximum atomic E-state index is 12.8. The molecule has 1 unspecified atom stereocenters. The highest BCUT2D eigenvalue weighted by atomic mass is 19.4. The van der Waals surface area contributed by atoms with E-state index in [1.54, 1.807) is 0 Å². The van der Waals surface area contributed by atoms with Gasteiger partial charge in [0, 0.05) is 0 Å². The van der Waals surface area contributed by atoms with Gasteiger partial charge in [-0.05, 0) is 30.7 Å². The molecule has 15 heavy (non-hydrogen) atoms. The Bertz CT molecular complexity index is 350. The van der Waals surface area contributed by atoms with Gasteiger partial charge in [-0.15, -0.1) is 0 Å². The molecule has 0 saturated heterocycles. The molecule has 0 aliphatic rings. The first-order valence-corrected chi connectivity index (χ1v) is 4.08. The van der Waals surface area contributed by atoms with E-state index >= 15 is 0 Å². The summed E-state index contributed by atoms with van der Waals surface area (Å²) in [6, 6.07) is 2.18. The van der Waals surface area contributed by atoms with Crippen LogP contribution in [0.1, 0.15) is 24.2 Å². The lowest BCUT2D eigenvalue weighted by Gasteiger charge is -2.16. The molecule has 1 aromatic carbocycles. The maximum absolute atomic E-state index is 12.8. The van der Waals surface area contributed by atoms with Crippen molar-refractivity contribution in [2.75, 3.05) is 0 Å². The Balaban J connectivity index is 3.27. The molecule has 0 aliphatic heterocycles. The van der Waals surface area contributed by atoms with Crippen molar-refractivity contribution in [3.8, 4) is 0 Å². The molecule has 1 aromatic rings. The highest BCUT2D eigenvalue weighted by Gasteiger charge is 2.34. The van der Waals surface area contributed by atoms with Crippen molar-refractivity contribution in [3.63, 3.8) is 0 Å². The van der Waals surface area contributed by atoms with Crippen LogP contribution >= 0.6 is 0 Å². The number of halogens is 4. The van der Waals surface area contributed by atoms with Gasteiger partial charge in [0.15, 0.2) is 0 Å². The van der Waals surface area contributed by atoms with Crippen molar-refractivity contribution < 1.29 is 22.4 Å². The van der Waals surface area contributed by atoms with Crippen molar-refractivity contribution >= 4 is 0 Å². The highest BCUT2D eigenvalue weighted by molar-refractivity contribution is 5.32. The minimum atomic E-state index is -4.55. The second-order valence-corrected chi connectivity index (χ2v) is 3.01. The van der Waals surface area contributed by atoms with E-state index in [2.05, 4.69) is 4.84 Å². The van der Waals surface area contributed by atoms with E-state index in [9.17, 15) is 17.6 Å². The monoisotopic (exact) mass is 223 g/mol. The average molecular weight is 223 g/mol.